The zero-order valence-electron chi connectivity index (χ0n) is 8.78. The van der Waals surface area contributed by atoms with Crippen LogP contribution in [-0.2, 0) is 23.7 Å². The quantitative estimate of drug-likeness (QED) is 0.424. The average Bonchev–Trinajstić information content (AvgIpc) is 2.64. The van der Waals surface area contributed by atoms with Crippen molar-refractivity contribution in [3.8, 4) is 0 Å². The van der Waals surface area contributed by atoms with E-state index in [2.05, 4.69) is 15.9 Å². The van der Waals surface area contributed by atoms with E-state index < -0.39 is 17.9 Å². The third-order valence-electron chi connectivity index (χ3n) is 2.27. The molecule has 0 radical (unpaired) electrons. The number of carbonyl (C=O) groups excluding carboxylic acids is 1. The Kier molecular flexibility index (Phi) is 4.12. The molecule has 15 heavy (non-hydrogen) atoms. The molecule has 1 aliphatic rings. The monoisotopic (exact) mass is 280 g/mol. The standard InChI is InChI=1S/C9H13BrO5/c1-12-6-4-7(11)15-8(6)9(5-10,13-2)14-3/h4,8H,5H2,1-3H3. The first-order chi connectivity index (χ1) is 7.13. The zero-order valence-corrected chi connectivity index (χ0v) is 10.4. The van der Waals surface area contributed by atoms with E-state index in [-0.39, 0.29) is 0 Å². The normalized spacial score (nSPS) is 21.2. The van der Waals surface area contributed by atoms with Crippen molar-refractivity contribution in [2.45, 2.75) is 11.9 Å². The Labute approximate surface area is 96.4 Å². The number of hydrogen-bond donors (Lipinski definition) is 0. The molecule has 5 nitrogen and oxygen atoms in total. The molecule has 0 N–H and O–H groups in total. The van der Waals surface area contributed by atoms with Crippen LogP contribution in [0.5, 0.6) is 0 Å². The van der Waals surface area contributed by atoms with E-state index in [1.165, 1.54) is 27.4 Å². The van der Waals surface area contributed by atoms with E-state index in [1.807, 2.05) is 0 Å². The second-order valence-corrected chi connectivity index (χ2v) is 3.48. The molecular weight excluding hydrogens is 268 g/mol. The fourth-order valence-electron chi connectivity index (χ4n) is 1.35. The summed E-state index contributed by atoms with van der Waals surface area (Å²) in [6.45, 7) is 0. The topological polar surface area (TPSA) is 54.0 Å². The van der Waals surface area contributed by atoms with Crippen molar-refractivity contribution >= 4 is 21.9 Å². The van der Waals surface area contributed by atoms with Gasteiger partial charge in [0.25, 0.3) is 0 Å². The van der Waals surface area contributed by atoms with Gasteiger partial charge in [0.15, 0.2) is 0 Å². The molecule has 0 amide bonds. The molecule has 0 aromatic heterocycles. The van der Waals surface area contributed by atoms with Crippen molar-refractivity contribution in [2.75, 3.05) is 26.7 Å². The lowest BCUT2D eigenvalue weighted by atomic mass is 10.1. The Morgan fingerprint density at radius 1 is 1.47 bits per heavy atom. The molecule has 0 aromatic rings. The highest BCUT2D eigenvalue weighted by Crippen LogP contribution is 2.31. The van der Waals surface area contributed by atoms with E-state index in [9.17, 15) is 4.79 Å². The molecule has 86 valence electrons. The highest BCUT2D eigenvalue weighted by Gasteiger charge is 2.47. The fourth-order valence-corrected chi connectivity index (χ4v) is 2.10. The maximum Gasteiger partial charge on any atom is 0.335 e. The highest BCUT2D eigenvalue weighted by molar-refractivity contribution is 9.09. The maximum atomic E-state index is 11.1. The number of rotatable bonds is 5. The molecule has 0 saturated heterocycles. The molecule has 6 heteroatoms. The number of carbonyl (C=O) groups is 1. The van der Waals surface area contributed by atoms with Crippen molar-refractivity contribution in [1.82, 2.24) is 0 Å². The van der Waals surface area contributed by atoms with Gasteiger partial charge in [0.2, 0.25) is 11.9 Å². The molecule has 1 unspecified atom stereocenters. The molecular formula is C9H13BrO5. The second-order valence-electron chi connectivity index (χ2n) is 2.92. The lowest BCUT2D eigenvalue weighted by molar-refractivity contribution is -0.242. The lowest BCUT2D eigenvalue weighted by Gasteiger charge is -2.33. The minimum Gasteiger partial charge on any atom is -0.497 e. The summed E-state index contributed by atoms with van der Waals surface area (Å²) in [4.78, 5) is 11.1. The lowest BCUT2D eigenvalue weighted by Crippen LogP contribution is -2.49. The van der Waals surface area contributed by atoms with Gasteiger partial charge < -0.3 is 18.9 Å². The Balaban J connectivity index is 2.95. The molecule has 0 aliphatic carbocycles. The minimum atomic E-state index is -1.06. The van der Waals surface area contributed by atoms with Crippen LogP contribution in [0.4, 0.5) is 0 Å². The first kappa shape index (κ1) is 12.5. The van der Waals surface area contributed by atoms with Gasteiger partial charge in [0, 0.05) is 14.2 Å². The van der Waals surface area contributed by atoms with Crippen LogP contribution in [0.1, 0.15) is 0 Å². The molecule has 1 rings (SSSR count). The van der Waals surface area contributed by atoms with Crippen LogP contribution in [0, 0.1) is 0 Å². The van der Waals surface area contributed by atoms with Crippen molar-refractivity contribution < 1.29 is 23.7 Å². The molecule has 0 aromatic carbocycles. The second kappa shape index (κ2) is 4.96. The summed E-state index contributed by atoms with van der Waals surface area (Å²) in [5.41, 5.74) is 0. The van der Waals surface area contributed by atoms with Crippen LogP contribution in [0.25, 0.3) is 0 Å². The maximum absolute atomic E-state index is 11.1. The van der Waals surface area contributed by atoms with Crippen LogP contribution in [-0.4, -0.2) is 44.5 Å². The molecule has 0 bridgehead atoms. The third kappa shape index (κ3) is 2.16. The van der Waals surface area contributed by atoms with Crippen LogP contribution in [0.15, 0.2) is 11.8 Å². The SMILES string of the molecule is COC1=CC(=O)OC1C(CBr)(OC)OC. The van der Waals surface area contributed by atoms with Crippen LogP contribution >= 0.6 is 15.9 Å². The van der Waals surface area contributed by atoms with Gasteiger partial charge in [-0.2, -0.15) is 0 Å². The van der Waals surface area contributed by atoms with Crippen LogP contribution in [0.3, 0.4) is 0 Å². The Morgan fingerprint density at radius 2 is 2.07 bits per heavy atom. The third-order valence-corrected chi connectivity index (χ3v) is 3.05. The van der Waals surface area contributed by atoms with Crippen molar-refractivity contribution in [3.05, 3.63) is 11.8 Å². The van der Waals surface area contributed by atoms with Crippen molar-refractivity contribution in [3.63, 3.8) is 0 Å². The minimum absolute atomic E-state index is 0.353. The van der Waals surface area contributed by atoms with E-state index in [4.69, 9.17) is 18.9 Å². The molecule has 0 spiro atoms. The first-order valence-corrected chi connectivity index (χ1v) is 5.38. The Bertz CT molecular complexity index is 263. The molecule has 0 saturated carbocycles. The Hall–Kier alpha value is -0.590. The van der Waals surface area contributed by atoms with Gasteiger partial charge in [0.05, 0.1) is 18.5 Å². The number of methoxy groups -OCH3 is 3. The smallest absolute Gasteiger partial charge is 0.335 e. The Morgan fingerprint density at radius 3 is 2.47 bits per heavy atom. The summed E-state index contributed by atoms with van der Waals surface area (Å²) in [7, 11) is 4.42. The summed E-state index contributed by atoms with van der Waals surface area (Å²) in [6.07, 6.45) is 0.587. The molecule has 1 atom stereocenters. The summed E-state index contributed by atoms with van der Waals surface area (Å²) >= 11 is 3.26. The zero-order chi connectivity index (χ0) is 11.5. The summed E-state index contributed by atoms with van der Waals surface area (Å²) in [5, 5.41) is 0.353. The summed E-state index contributed by atoms with van der Waals surface area (Å²) in [6, 6.07) is 0. The number of cyclic esters (lactones) is 1. The van der Waals surface area contributed by atoms with Gasteiger partial charge in [-0.15, -0.1) is 0 Å². The van der Waals surface area contributed by atoms with Crippen LogP contribution in [0.2, 0.25) is 0 Å². The number of alkyl halides is 1. The summed E-state index contributed by atoms with van der Waals surface area (Å²) in [5.74, 6) is -1.13. The number of esters is 1. The average molecular weight is 281 g/mol. The van der Waals surface area contributed by atoms with E-state index in [1.54, 1.807) is 0 Å². The predicted molar refractivity (Wildman–Crippen MR) is 55.5 cm³/mol. The van der Waals surface area contributed by atoms with Crippen LogP contribution < -0.4 is 0 Å². The van der Waals surface area contributed by atoms with E-state index in [0.717, 1.165) is 0 Å². The first-order valence-electron chi connectivity index (χ1n) is 4.26. The molecule has 0 fully saturated rings. The largest absolute Gasteiger partial charge is 0.497 e. The van der Waals surface area contributed by atoms with Gasteiger partial charge in [-0.1, -0.05) is 15.9 Å². The summed E-state index contributed by atoms with van der Waals surface area (Å²) < 4.78 is 20.6. The van der Waals surface area contributed by atoms with Gasteiger partial charge >= 0.3 is 5.97 Å². The van der Waals surface area contributed by atoms with Gasteiger partial charge in [-0.25, -0.2) is 4.79 Å². The van der Waals surface area contributed by atoms with Gasteiger partial charge in [0.1, 0.15) is 5.76 Å². The van der Waals surface area contributed by atoms with E-state index >= 15 is 0 Å². The highest BCUT2D eigenvalue weighted by atomic mass is 79.9. The molecule has 1 aliphatic heterocycles. The van der Waals surface area contributed by atoms with Gasteiger partial charge in [-0.3, -0.25) is 0 Å². The van der Waals surface area contributed by atoms with Crippen molar-refractivity contribution in [1.29, 1.82) is 0 Å². The number of halogens is 1. The number of ether oxygens (including phenoxy) is 4. The number of hydrogen-bond acceptors (Lipinski definition) is 5. The predicted octanol–water partition coefficient (Wildman–Crippen LogP) is 0.826. The van der Waals surface area contributed by atoms with E-state index in [0.29, 0.717) is 11.1 Å². The fraction of sp³-hybridized carbons (Fsp3) is 0.667. The van der Waals surface area contributed by atoms with Crippen molar-refractivity contribution in [2.24, 2.45) is 0 Å². The van der Waals surface area contributed by atoms with Gasteiger partial charge in [-0.05, 0) is 0 Å². The molecule has 1 heterocycles.